The first-order valence-electron chi connectivity index (χ1n) is 5.08. The fraction of sp³-hybridized carbons (Fsp3) is 0.900. The van der Waals surface area contributed by atoms with Crippen molar-refractivity contribution in [3.63, 3.8) is 0 Å². The lowest BCUT2D eigenvalue weighted by Gasteiger charge is -2.20. The average Bonchev–Trinajstić information content (AvgIpc) is 2.88. The number of unbranched alkanes of at least 4 members (excludes halogenated alkanes) is 1. The van der Waals surface area contributed by atoms with Gasteiger partial charge in [0.2, 0.25) is 5.91 Å². The summed E-state index contributed by atoms with van der Waals surface area (Å²) in [7, 11) is 0. The summed E-state index contributed by atoms with van der Waals surface area (Å²) in [5.74, 6) is 0.785. The van der Waals surface area contributed by atoms with Gasteiger partial charge in [-0.1, -0.05) is 13.3 Å². The molecule has 0 heterocycles. The zero-order valence-corrected chi connectivity index (χ0v) is 8.18. The van der Waals surface area contributed by atoms with Crippen molar-refractivity contribution in [3.05, 3.63) is 0 Å². The van der Waals surface area contributed by atoms with Gasteiger partial charge in [-0.25, -0.2) is 0 Å². The van der Waals surface area contributed by atoms with E-state index in [1.807, 2.05) is 4.90 Å². The van der Waals surface area contributed by atoms with E-state index in [0.29, 0.717) is 11.8 Å². The van der Waals surface area contributed by atoms with Crippen LogP contribution < -0.4 is 0 Å². The summed E-state index contributed by atoms with van der Waals surface area (Å²) >= 11 is 0. The van der Waals surface area contributed by atoms with Crippen LogP contribution in [0.5, 0.6) is 0 Å². The van der Waals surface area contributed by atoms with Crippen LogP contribution in [0.25, 0.3) is 0 Å². The molecule has 0 aromatic heterocycles. The Kier molecular flexibility index (Phi) is 3.57. The fourth-order valence-corrected chi connectivity index (χ4v) is 1.36. The molecular formula is C10H19NO. The number of hydrogen-bond acceptors (Lipinski definition) is 1. The number of rotatable bonds is 5. The van der Waals surface area contributed by atoms with E-state index in [1.165, 1.54) is 6.42 Å². The van der Waals surface area contributed by atoms with E-state index in [1.54, 1.807) is 0 Å². The van der Waals surface area contributed by atoms with Gasteiger partial charge in [-0.2, -0.15) is 0 Å². The van der Waals surface area contributed by atoms with Crippen molar-refractivity contribution >= 4 is 5.91 Å². The lowest BCUT2D eigenvalue weighted by atomic mass is 10.3. The summed E-state index contributed by atoms with van der Waals surface area (Å²) < 4.78 is 0. The lowest BCUT2D eigenvalue weighted by Crippen LogP contribution is -2.32. The average molecular weight is 169 g/mol. The maximum atomic E-state index is 11.6. The van der Waals surface area contributed by atoms with Crippen molar-refractivity contribution in [3.8, 4) is 0 Å². The van der Waals surface area contributed by atoms with Crippen LogP contribution in [0.1, 0.15) is 39.5 Å². The van der Waals surface area contributed by atoms with E-state index in [9.17, 15) is 4.79 Å². The first kappa shape index (κ1) is 9.56. The molecule has 0 unspecified atom stereocenters. The smallest absolute Gasteiger partial charge is 0.225 e. The topological polar surface area (TPSA) is 20.3 Å². The Bertz CT molecular complexity index is 152. The number of amides is 1. The normalized spacial score (nSPS) is 16.2. The molecule has 0 saturated heterocycles. The van der Waals surface area contributed by atoms with Crippen molar-refractivity contribution in [2.45, 2.75) is 39.5 Å². The largest absolute Gasteiger partial charge is 0.343 e. The second-order valence-electron chi connectivity index (χ2n) is 3.55. The third kappa shape index (κ3) is 2.50. The zero-order chi connectivity index (χ0) is 8.97. The summed E-state index contributed by atoms with van der Waals surface area (Å²) in [5.41, 5.74) is 0. The van der Waals surface area contributed by atoms with Crippen LogP contribution in [-0.4, -0.2) is 23.9 Å². The lowest BCUT2D eigenvalue weighted by molar-refractivity contribution is -0.132. The number of hydrogen-bond donors (Lipinski definition) is 0. The van der Waals surface area contributed by atoms with Crippen molar-refractivity contribution in [1.82, 2.24) is 4.90 Å². The molecule has 1 saturated carbocycles. The molecule has 2 heteroatoms. The molecular weight excluding hydrogens is 150 g/mol. The molecule has 1 rings (SSSR count). The fourth-order valence-electron chi connectivity index (χ4n) is 1.36. The van der Waals surface area contributed by atoms with Crippen molar-refractivity contribution in [1.29, 1.82) is 0 Å². The monoisotopic (exact) mass is 169 g/mol. The summed E-state index contributed by atoms with van der Waals surface area (Å²) in [6.45, 7) is 6.07. The van der Waals surface area contributed by atoms with Crippen molar-refractivity contribution in [2.24, 2.45) is 5.92 Å². The number of carbonyl (C=O) groups is 1. The van der Waals surface area contributed by atoms with Crippen LogP contribution in [0.3, 0.4) is 0 Å². The van der Waals surface area contributed by atoms with E-state index in [4.69, 9.17) is 0 Å². The van der Waals surface area contributed by atoms with Gasteiger partial charge in [0.15, 0.2) is 0 Å². The van der Waals surface area contributed by atoms with E-state index in [2.05, 4.69) is 13.8 Å². The number of nitrogens with zero attached hydrogens (tertiary/aromatic N) is 1. The Morgan fingerprint density at radius 2 is 2.08 bits per heavy atom. The quantitative estimate of drug-likeness (QED) is 0.616. The minimum absolute atomic E-state index is 0.391. The minimum Gasteiger partial charge on any atom is -0.343 e. The molecule has 0 bridgehead atoms. The molecule has 12 heavy (non-hydrogen) atoms. The molecule has 1 amide bonds. The van der Waals surface area contributed by atoms with E-state index < -0.39 is 0 Å². The molecule has 0 aromatic carbocycles. The van der Waals surface area contributed by atoms with E-state index in [0.717, 1.165) is 32.4 Å². The first-order valence-corrected chi connectivity index (χ1v) is 5.08. The summed E-state index contributed by atoms with van der Waals surface area (Å²) in [6.07, 6.45) is 4.57. The highest BCUT2D eigenvalue weighted by Gasteiger charge is 2.32. The van der Waals surface area contributed by atoms with Gasteiger partial charge in [0.05, 0.1) is 0 Å². The third-order valence-electron chi connectivity index (χ3n) is 2.40. The van der Waals surface area contributed by atoms with E-state index >= 15 is 0 Å². The van der Waals surface area contributed by atoms with Crippen molar-refractivity contribution in [2.75, 3.05) is 13.1 Å². The van der Waals surface area contributed by atoms with Crippen LogP contribution in [0.15, 0.2) is 0 Å². The minimum atomic E-state index is 0.391. The number of carbonyl (C=O) groups excluding carboxylic acids is 1. The highest BCUT2D eigenvalue weighted by molar-refractivity contribution is 5.80. The van der Waals surface area contributed by atoms with Crippen LogP contribution >= 0.6 is 0 Å². The van der Waals surface area contributed by atoms with Crippen LogP contribution in [0, 0.1) is 5.92 Å². The van der Waals surface area contributed by atoms with Gasteiger partial charge in [-0.05, 0) is 26.2 Å². The first-order chi connectivity index (χ1) is 5.79. The van der Waals surface area contributed by atoms with Gasteiger partial charge in [0, 0.05) is 19.0 Å². The predicted octanol–water partition coefficient (Wildman–Crippen LogP) is 2.04. The zero-order valence-electron chi connectivity index (χ0n) is 8.18. The second kappa shape index (κ2) is 4.48. The molecule has 0 aliphatic heterocycles. The van der Waals surface area contributed by atoms with Crippen LogP contribution in [0.4, 0.5) is 0 Å². The summed E-state index contributed by atoms with van der Waals surface area (Å²) in [6, 6.07) is 0. The molecule has 0 aromatic rings. The molecule has 2 nitrogen and oxygen atoms in total. The Morgan fingerprint density at radius 3 is 2.50 bits per heavy atom. The van der Waals surface area contributed by atoms with Crippen molar-refractivity contribution < 1.29 is 4.79 Å². The molecule has 1 aliphatic rings. The standard InChI is InChI=1S/C10H19NO/c1-3-5-8-11(4-2)10(12)9-6-7-9/h9H,3-8H2,1-2H3. The Morgan fingerprint density at radius 1 is 1.42 bits per heavy atom. The molecule has 0 atom stereocenters. The van der Waals surface area contributed by atoms with Gasteiger partial charge >= 0.3 is 0 Å². The second-order valence-corrected chi connectivity index (χ2v) is 3.55. The third-order valence-corrected chi connectivity index (χ3v) is 2.40. The molecule has 1 fully saturated rings. The highest BCUT2D eigenvalue weighted by Crippen LogP contribution is 2.30. The Balaban J connectivity index is 2.27. The Labute approximate surface area is 74.9 Å². The molecule has 1 aliphatic carbocycles. The highest BCUT2D eigenvalue weighted by atomic mass is 16.2. The molecule has 70 valence electrons. The van der Waals surface area contributed by atoms with Crippen LogP contribution in [0.2, 0.25) is 0 Å². The maximum absolute atomic E-state index is 11.6. The predicted molar refractivity (Wildman–Crippen MR) is 49.9 cm³/mol. The SMILES string of the molecule is CCCCN(CC)C(=O)C1CC1. The van der Waals surface area contributed by atoms with E-state index in [-0.39, 0.29) is 0 Å². The molecule has 0 N–H and O–H groups in total. The Hall–Kier alpha value is -0.530. The van der Waals surface area contributed by atoms with Gasteiger partial charge in [0.1, 0.15) is 0 Å². The molecule has 0 radical (unpaired) electrons. The van der Waals surface area contributed by atoms with Gasteiger partial charge in [-0.3, -0.25) is 4.79 Å². The summed E-state index contributed by atoms with van der Waals surface area (Å²) in [5, 5.41) is 0. The van der Waals surface area contributed by atoms with Gasteiger partial charge < -0.3 is 4.90 Å². The maximum Gasteiger partial charge on any atom is 0.225 e. The van der Waals surface area contributed by atoms with Gasteiger partial charge in [-0.15, -0.1) is 0 Å². The van der Waals surface area contributed by atoms with Gasteiger partial charge in [0.25, 0.3) is 0 Å². The summed E-state index contributed by atoms with van der Waals surface area (Å²) in [4.78, 5) is 13.6. The molecule has 0 spiro atoms. The van der Waals surface area contributed by atoms with Crippen LogP contribution in [-0.2, 0) is 4.79 Å².